The van der Waals surface area contributed by atoms with E-state index >= 15 is 0 Å². The van der Waals surface area contributed by atoms with Crippen molar-refractivity contribution in [1.29, 1.82) is 0 Å². The predicted molar refractivity (Wildman–Crippen MR) is 86.8 cm³/mol. The minimum atomic E-state index is -1.07. The molecule has 2 fully saturated rings. The molecule has 130 valence electrons. The monoisotopic (exact) mass is 335 g/mol. The van der Waals surface area contributed by atoms with Gasteiger partial charge in [-0.3, -0.25) is 15.8 Å². The normalized spacial score (nSPS) is 24.1. The zero-order valence-electron chi connectivity index (χ0n) is 13.5. The molecule has 0 saturated carbocycles. The molecule has 0 bridgehead atoms. The van der Waals surface area contributed by atoms with E-state index in [1.165, 1.54) is 0 Å². The van der Waals surface area contributed by atoms with E-state index in [9.17, 15) is 9.59 Å². The number of carbonyl (C=O) groups excluding carboxylic acids is 2. The van der Waals surface area contributed by atoms with E-state index in [2.05, 4.69) is 5.32 Å². The molecular formula is C16H21N3O5. The molecular weight excluding hydrogens is 314 g/mol. The molecule has 2 heterocycles. The van der Waals surface area contributed by atoms with Crippen molar-refractivity contribution in [2.75, 3.05) is 43.2 Å². The maximum absolute atomic E-state index is 12.0. The lowest BCUT2D eigenvalue weighted by atomic mass is 10.1. The Balaban J connectivity index is 1.66. The maximum Gasteiger partial charge on any atom is 0.413 e. The van der Waals surface area contributed by atoms with Crippen LogP contribution in [0.25, 0.3) is 0 Å². The van der Waals surface area contributed by atoms with Crippen LogP contribution < -0.4 is 16.0 Å². The van der Waals surface area contributed by atoms with Crippen LogP contribution in [-0.2, 0) is 19.0 Å². The van der Waals surface area contributed by atoms with Crippen LogP contribution in [-0.4, -0.2) is 50.7 Å². The molecule has 1 unspecified atom stereocenters. The number of nitrogens with one attached hydrogen (secondary N) is 1. The van der Waals surface area contributed by atoms with Gasteiger partial charge in [0, 0.05) is 24.3 Å². The van der Waals surface area contributed by atoms with Crippen molar-refractivity contribution >= 4 is 23.4 Å². The average molecular weight is 335 g/mol. The highest BCUT2D eigenvalue weighted by Crippen LogP contribution is 2.25. The Bertz CT molecular complexity index is 643. The van der Waals surface area contributed by atoms with E-state index in [4.69, 9.17) is 19.9 Å². The van der Waals surface area contributed by atoms with Crippen molar-refractivity contribution in [3.8, 4) is 0 Å². The van der Waals surface area contributed by atoms with Crippen LogP contribution in [0, 0.1) is 6.92 Å². The third-order valence-electron chi connectivity index (χ3n) is 4.03. The van der Waals surface area contributed by atoms with E-state index < -0.39 is 11.8 Å². The summed E-state index contributed by atoms with van der Waals surface area (Å²) >= 11 is 0. The minimum absolute atomic E-state index is 0.0734. The second-order valence-corrected chi connectivity index (χ2v) is 5.98. The third kappa shape index (κ3) is 3.66. The zero-order valence-corrected chi connectivity index (χ0v) is 13.5. The number of hydrogen-bond donors (Lipinski definition) is 2. The van der Waals surface area contributed by atoms with Crippen LogP contribution in [0.3, 0.4) is 0 Å². The first-order valence-electron chi connectivity index (χ1n) is 7.82. The third-order valence-corrected chi connectivity index (χ3v) is 4.03. The number of ether oxygens (including phenoxy) is 3. The summed E-state index contributed by atoms with van der Waals surface area (Å²) in [6, 6.07) is 5.30. The standard InChI is InChI=1S/C16H21N3O5/c1-11-8-12(18-15(21)24-16(17)4-6-23-10-16)2-3-13(11)19-5-7-22-9-14(19)20/h2-3,8H,4-7,9-10,17H2,1H3,(H,18,21). The second-order valence-electron chi connectivity index (χ2n) is 5.98. The Labute approximate surface area is 139 Å². The Morgan fingerprint density at radius 2 is 2.21 bits per heavy atom. The van der Waals surface area contributed by atoms with Gasteiger partial charge in [0.2, 0.25) is 0 Å². The molecule has 0 spiro atoms. The molecule has 1 atom stereocenters. The molecule has 8 nitrogen and oxygen atoms in total. The summed E-state index contributed by atoms with van der Waals surface area (Å²) in [7, 11) is 0. The lowest BCUT2D eigenvalue weighted by Gasteiger charge is -2.28. The molecule has 1 aromatic rings. The van der Waals surface area contributed by atoms with E-state index in [1.807, 2.05) is 6.92 Å². The molecule has 1 aromatic carbocycles. The molecule has 2 saturated heterocycles. The van der Waals surface area contributed by atoms with Crippen LogP contribution in [0.5, 0.6) is 0 Å². The topological polar surface area (TPSA) is 103 Å². The quantitative estimate of drug-likeness (QED) is 0.798. The number of carbonyl (C=O) groups is 2. The van der Waals surface area contributed by atoms with Gasteiger partial charge in [0.05, 0.1) is 13.2 Å². The molecule has 0 radical (unpaired) electrons. The second kappa shape index (κ2) is 6.76. The molecule has 8 heteroatoms. The van der Waals surface area contributed by atoms with Gasteiger partial charge in [-0.25, -0.2) is 4.79 Å². The molecule has 0 aromatic heterocycles. The number of benzene rings is 1. The molecule has 2 amide bonds. The van der Waals surface area contributed by atoms with Crippen molar-refractivity contribution < 1.29 is 23.8 Å². The van der Waals surface area contributed by atoms with Crippen LogP contribution in [0.15, 0.2) is 18.2 Å². The average Bonchev–Trinajstić information content (AvgIpc) is 2.94. The summed E-state index contributed by atoms with van der Waals surface area (Å²) < 4.78 is 15.5. The summed E-state index contributed by atoms with van der Waals surface area (Å²) in [5.74, 6) is -0.0734. The largest absolute Gasteiger partial charge is 0.425 e. The van der Waals surface area contributed by atoms with Gasteiger partial charge in [-0.1, -0.05) is 0 Å². The summed E-state index contributed by atoms with van der Waals surface area (Å²) in [6.45, 7) is 3.67. The van der Waals surface area contributed by atoms with Crippen molar-refractivity contribution in [3.63, 3.8) is 0 Å². The summed E-state index contributed by atoms with van der Waals surface area (Å²) in [5.41, 5.74) is 7.10. The Morgan fingerprint density at radius 3 is 2.88 bits per heavy atom. The van der Waals surface area contributed by atoms with E-state index in [1.54, 1.807) is 23.1 Å². The fourth-order valence-electron chi connectivity index (χ4n) is 2.78. The minimum Gasteiger partial charge on any atom is -0.425 e. The maximum atomic E-state index is 12.0. The van der Waals surface area contributed by atoms with Gasteiger partial charge >= 0.3 is 6.09 Å². The fourth-order valence-corrected chi connectivity index (χ4v) is 2.78. The van der Waals surface area contributed by atoms with Crippen LogP contribution in [0.4, 0.5) is 16.2 Å². The van der Waals surface area contributed by atoms with Gasteiger partial charge in [0.25, 0.3) is 5.91 Å². The highest BCUT2D eigenvalue weighted by Gasteiger charge is 2.34. The number of nitrogens with zero attached hydrogens (tertiary/aromatic N) is 1. The van der Waals surface area contributed by atoms with Gasteiger partial charge in [-0.15, -0.1) is 0 Å². The van der Waals surface area contributed by atoms with Gasteiger partial charge in [0.15, 0.2) is 5.72 Å². The van der Waals surface area contributed by atoms with Gasteiger partial charge < -0.3 is 19.1 Å². The Hall–Kier alpha value is -2.16. The molecule has 2 aliphatic rings. The highest BCUT2D eigenvalue weighted by molar-refractivity contribution is 5.96. The van der Waals surface area contributed by atoms with Gasteiger partial charge in [0.1, 0.15) is 13.2 Å². The lowest BCUT2D eigenvalue weighted by Crippen LogP contribution is -2.46. The van der Waals surface area contributed by atoms with Crippen molar-refractivity contribution in [3.05, 3.63) is 23.8 Å². The van der Waals surface area contributed by atoms with Crippen LogP contribution >= 0.6 is 0 Å². The number of aryl methyl sites for hydroxylation is 1. The number of rotatable bonds is 3. The van der Waals surface area contributed by atoms with Crippen LogP contribution in [0.1, 0.15) is 12.0 Å². The summed E-state index contributed by atoms with van der Waals surface area (Å²) in [4.78, 5) is 25.6. The first kappa shape index (κ1) is 16.7. The number of nitrogens with two attached hydrogens (primary N) is 1. The van der Waals surface area contributed by atoms with Crippen molar-refractivity contribution in [1.82, 2.24) is 0 Å². The van der Waals surface area contributed by atoms with Crippen LogP contribution in [0.2, 0.25) is 0 Å². The molecule has 0 aliphatic carbocycles. The zero-order chi connectivity index (χ0) is 17.2. The fraction of sp³-hybridized carbons (Fsp3) is 0.500. The first-order valence-corrected chi connectivity index (χ1v) is 7.82. The van der Waals surface area contributed by atoms with E-state index in [-0.39, 0.29) is 19.1 Å². The Morgan fingerprint density at radius 1 is 1.38 bits per heavy atom. The number of morpholine rings is 1. The van der Waals surface area contributed by atoms with Crippen molar-refractivity contribution in [2.45, 2.75) is 19.1 Å². The predicted octanol–water partition coefficient (Wildman–Crippen LogP) is 0.982. The summed E-state index contributed by atoms with van der Waals surface area (Å²) in [5, 5.41) is 2.65. The lowest BCUT2D eigenvalue weighted by molar-refractivity contribution is -0.125. The van der Waals surface area contributed by atoms with Crippen molar-refractivity contribution in [2.24, 2.45) is 5.73 Å². The van der Waals surface area contributed by atoms with Gasteiger partial charge in [-0.2, -0.15) is 0 Å². The number of anilines is 2. The molecule has 3 N–H and O–H groups in total. The summed E-state index contributed by atoms with van der Waals surface area (Å²) in [6.07, 6.45) is -0.157. The molecule has 24 heavy (non-hydrogen) atoms. The number of hydrogen-bond acceptors (Lipinski definition) is 6. The smallest absolute Gasteiger partial charge is 0.413 e. The molecule has 3 rings (SSSR count). The number of amides is 2. The highest BCUT2D eigenvalue weighted by atomic mass is 16.6. The SMILES string of the molecule is Cc1cc(NC(=O)OC2(N)CCOC2)ccc1N1CCOCC1=O. The van der Waals surface area contributed by atoms with Gasteiger partial charge in [-0.05, 0) is 30.7 Å². The van der Waals surface area contributed by atoms with E-state index in [0.717, 1.165) is 11.3 Å². The molecule has 2 aliphatic heterocycles. The Kier molecular flexibility index (Phi) is 4.70. The first-order chi connectivity index (χ1) is 11.5. The van der Waals surface area contributed by atoms with E-state index in [0.29, 0.717) is 31.9 Å².